The van der Waals surface area contributed by atoms with Gasteiger partial charge in [-0.25, -0.2) is 0 Å². The summed E-state index contributed by atoms with van der Waals surface area (Å²) < 4.78 is 0. The van der Waals surface area contributed by atoms with Crippen molar-refractivity contribution in [2.45, 2.75) is 51.5 Å². The molecule has 0 atom stereocenters. The molecule has 1 aromatic heterocycles. The van der Waals surface area contributed by atoms with Crippen molar-refractivity contribution in [1.82, 2.24) is 15.2 Å². The van der Waals surface area contributed by atoms with Gasteiger partial charge in [0.2, 0.25) is 11.8 Å². The molecule has 0 aromatic carbocycles. The highest BCUT2D eigenvalue weighted by Crippen LogP contribution is 2.31. The van der Waals surface area contributed by atoms with Crippen LogP contribution in [0.1, 0.15) is 50.6 Å². The van der Waals surface area contributed by atoms with E-state index in [1.165, 1.54) is 6.42 Å². The Morgan fingerprint density at radius 2 is 1.75 bits per heavy atom. The highest BCUT2D eigenvalue weighted by molar-refractivity contribution is 5.81. The zero-order chi connectivity index (χ0) is 16.8. The summed E-state index contributed by atoms with van der Waals surface area (Å²) in [4.78, 5) is 31.1. The van der Waals surface area contributed by atoms with Crippen molar-refractivity contribution in [1.29, 1.82) is 0 Å². The Morgan fingerprint density at radius 1 is 1.04 bits per heavy atom. The minimum Gasteiger partial charge on any atom is -0.350 e. The number of rotatable bonds is 4. The van der Waals surface area contributed by atoms with E-state index in [1.54, 1.807) is 6.20 Å². The minimum absolute atomic E-state index is 0.0409. The lowest BCUT2D eigenvalue weighted by Crippen LogP contribution is -2.42. The number of likely N-dealkylation sites (tertiary alicyclic amines) is 1. The molecule has 1 aliphatic heterocycles. The summed E-state index contributed by atoms with van der Waals surface area (Å²) in [7, 11) is 0. The molecule has 1 N–H and O–H groups in total. The van der Waals surface area contributed by atoms with E-state index in [9.17, 15) is 9.59 Å². The lowest BCUT2D eigenvalue weighted by molar-refractivity contribution is -0.139. The molecule has 1 saturated heterocycles. The molecular formula is C19H27N3O2. The topological polar surface area (TPSA) is 62.3 Å². The van der Waals surface area contributed by atoms with Crippen molar-refractivity contribution in [3.8, 4) is 0 Å². The predicted octanol–water partition coefficient (Wildman–Crippen LogP) is 2.52. The Bertz CT molecular complexity index is 547. The predicted molar refractivity (Wildman–Crippen MR) is 92.0 cm³/mol. The number of pyridine rings is 1. The van der Waals surface area contributed by atoms with E-state index < -0.39 is 0 Å². The summed E-state index contributed by atoms with van der Waals surface area (Å²) in [5.41, 5.74) is 0.875. The van der Waals surface area contributed by atoms with Gasteiger partial charge in [0.15, 0.2) is 0 Å². The summed E-state index contributed by atoms with van der Waals surface area (Å²) in [5, 5.41) is 2.98. The Kier molecular flexibility index (Phi) is 5.83. The number of nitrogens with one attached hydrogen (secondary N) is 1. The molecule has 0 radical (unpaired) electrons. The SMILES string of the molecule is O=C(NCc1ccccn1)C1CCC(C(=O)N2CCCCC2)CC1. The van der Waals surface area contributed by atoms with Crippen molar-refractivity contribution in [2.24, 2.45) is 11.8 Å². The fraction of sp³-hybridized carbons (Fsp3) is 0.632. The van der Waals surface area contributed by atoms with Gasteiger partial charge in [-0.2, -0.15) is 0 Å². The second kappa shape index (κ2) is 8.27. The normalized spacial score (nSPS) is 24.4. The van der Waals surface area contributed by atoms with Crippen LogP contribution in [0, 0.1) is 11.8 Å². The fourth-order valence-corrected chi connectivity index (χ4v) is 3.80. The standard InChI is InChI=1S/C19H27N3O2/c23-18(21-14-17-6-2-3-11-20-17)15-7-9-16(10-8-15)19(24)22-12-4-1-5-13-22/h2-3,6,11,15-16H,1,4-5,7-10,12-14H2,(H,21,23). The van der Waals surface area contributed by atoms with Crippen LogP contribution in [0.25, 0.3) is 0 Å². The van der Waals surface area contributed by atoms with Crippen LogP contribution in [0.3, 0.4) is 0 Å². The highest BCUT2D eigenvalue weighted by Gasteiger charge is 2.32. The first-order chi connectivity index (χ1) is 11.7. The number of carbonyl (C=O) groups is 2. The van der Waals surface area contributed by atoms with Crippen LogP contribution < -0.4 is 5.32 Å². The van der Waals surface area contributed by atoms with E-state index in [-0.39, 0.29) is 17.7 Å². The number of hydrogen-bond donors (Lipinski definition) is 1. The number of hydrogen-bond acceptors (Lipinski definition) is 3. The molecule has 1 saturated carbocycles. The maximum absolute atomic E-state index is 12.6. The molecule has 2 aliphatic rings. The largest absolute Gasteiger partial charge is 0.350 e. The van der Waals surface area contributed by atoms with Gasteiger partial charge in [-0.05, 0) is 57.1 Å². The molecule has 1 aromatic rings. The van der Waals surface area contributed by atoms with Crippen LogP contribution in [-0.2, 0) is 16.1 Å². The zero-order valence-electron chi connectivity index (χ0n) is 14.2. The van der Waals surface area contributed by atoms with Crippen molar-refractivity contribution in [3.05, 3.63) is 30.1 Å². The third kappa shape index (κ3) is 4.34. The number of nitrogens with zero attached hydrogens (tertiary/aromatic N) is 2. The monoisotopic (exact) mass is 329 g/mol. The van der Waals surface area contributed by atoms with Gasteiger partial charge in [0.25, 0.3) is 0 Å². The van der Waals surface area contributed by atoms with Crippen LogP contribution in [-0.4, -0.2) is 34.8 Å². The molecule has 0 unspecified atom stereocenters. The third-order valence-electron chi connectivity index (χ3n) is 5.28. The maximum Gasteiger partial charge on any atom is 0.225 e. The first-order valence-corrected chi connectivity index (χ1v) is 9.20. The summed E-state index contributed by atoms with van der Waals surface area (Å²) in [6.07, 6.45) is 8.57. The Hall–Kier alpha value is -1.91. The van der Waals surface area contributed by atoms with Crippen LogP contribution >= 0.6 is 0 Å². The summed E-state index contributed by atoms with van der Waals surface area (Å²) >= 11 is 0. The maximum atomic E-state index is 12.6. The van der Waals surface area contributed by atoms with E-state index in [0.717, 1.165) is 57.3 Å². The van der Waals surface area contributed by atoms with Gasteiger partial charge in [0.05, 0.1) is 12.2 Å². The number of aromatic nitrogens is 1. The second-order valence-corrected chi connectivity index (χ2v) is 6.97. The van der Waals surface area contributed by atoms with E-state index in [4.69, 9.17) is 0 Å². The van der Waals surface area contributed by atoms with Gasteiger partial charge >= 0.3 is 0 Å². The third-order valence-corrected chi connectivity index (χ3v) is 5.28. The summed E-state index contributed by atoms with van der Waals surface area (Å²) in [6.45, 7) is 2.32. The Balaban J connectivity index is 1.42. The highest BCUT2D eigenvalue weighted by atomic mass is 16.2. The van der Waals surface area contributed by atoms with Gasteiger partial charge in [0.1, 0.15) is 0 Å². The lowest BCUT2D eigenvalue weighted by atomic mass is 9.80. The molecule has 3 rings (SSSR count). The fourth-order valence-electron chi connectivity index (χ4n) is 3.80. The van der Waals surface area contributed by atoms with Crippen molar-refractivity contribution in [2.75, 3.05) is 13.1 Å². The molecule has 5 nitrogen and oxygen atoms in total. The van der Waals surface area contributed by atoms with Crippen molar-refractivity contribution >= 4 is 11.8 Å². The van der Waals surface area contributed by atoms with Crippen LogP contribution in [0.2, 0.25) is 0 Å². The number of piperidine rings is 1. The van der Waals surface area contributed by atoms with E-state index in [0.29, 0.717) is 12.5 Å². The number of amides is 2. The molecule has 2 fully saturated rings. The Labute approximate surface area is 143 Å². The molecule has 2 amide bonds. The average molecular weight is 329 g/mol. The molecular weight excluding hydrogens is 302 g/mol. The van der Waals surface area contributed by atoms with Crippen LogP contribution in [0.5, 0.6) is 0 Å². The van der Waals surface area contributed by atoms with Crippen LogP contribution in [0.4, 0.5) is 0 Å². The first kappa shape index (κ1) is 16.9. The molecule has 1 aliphatic carbocycles. The van der Waals surface area contributed by atoms with E-state index in [1.807, 2.05) is 23.1 Å². The van der Waals surface area contributed by atoms with Gasteiger partial charge in [-0.15, -0.1) is 0 Å². The van der Waals surface area contributed by atoms with Gasteiger partial charge in [0, 0.05) is 31.1 Å². The molecule has 5 heteroatoms. The molecule has 0 spiro atoms. The number of carbonyl (C=O) groups excluding carboxylic acids is 2. The van der Waals surface area contributed by atoms with Gasteiger partial charge < -0.3 is 10.2 Å². The summed E-state index contributed by atoms with van der Waals surface area (Å²) in [5.74, 6) is 0.591. The summed E-state index contributed by atoms with van der Waals surface area (Å²) in [6, 6.07) is 5.70. The molecule has 0 bridgehead atoms. The van der Waals surface area contributed by atoms with Gasteiger partial charge in [-0.1, -0.05) is 6.07 Å². The molecule has 130 valence electrons. The average Bonchev–Trinajstić information content (AvgIpc) is 2.67. The van der Waals surface area contributed by atoms with Crippen molar-refractivity contribution in [3.63, 3.8) is 0 Å². The first-order valence-electron chi connectivity index (χ1n) is 9.20. The zero-order valence-corrected chi connectivity index (χ0v) is 14.2. The van der Waals surface area contributed by atoms with E-state index >= 15 is 0 Å². The quantitative estimate of drug-likeness (QED) is 0.923. The molecule has 2 heterocycles. The second-order valence-electron chi connectivity index (χ2n) is 6.97. The minimum atomic E-state index is 0.0409. The lowest BCUT2D eigenvalue weighted by Gasteiger charge is -2.33. The molecule has 24 heavy (non-hydrogen) atoms. The smallest absolute Gasteiger partial charge is 0.225 e. The van der Waals surface area contributed by atoms with Gasteiger partial charge in [-0.3, -0.25) is 14.6 Å². The van der Waals surface area contributed by atoms with E-state index in [2.05, 4.69) is 10.3 Å². The van der Waals surface area contributed by atoms with Crippen LogP contribution in [0.15, 0.2) is 24.4 Å². The Morgan fingerprint density at radius 3 is 2.42 bits per heavy atom. The van der Waals surface area contributed by atoms with Crippen molar-refractivity contribution < 1.29 is 9.59 Å².